The highest BCUT2D eigenvalue weighted by Crippen LogP contribution is 2.23. The summed E-state index contributed by atoms with van der Waals surface area (Å²) in [6.07, 6.45) is 8.54. The molecule has 1 aliphatic rings. The smallest absolute Gasteiger partial charge is 0.243 e. The summed E-state index contributed by atoms with van der Waals surface area (Å²) >= 11 is 5.92. The van der Waals surface area contributed by atoms with Crippen LogP contribution in [0.1, 0.15) is 32.1 Å². The van der Waals surface area contributed by atoms with Crippen LogP contribution in [-0.2, 0) is 0 Å². The van der Waals surface area contributed by atoms with Crippen molar-refractivity contribution in [2.24, 2.45) is 5.92 Å². The Labute approximate surface area is 111 Å². The van der Waals surface area contributed by atoms with Gasteiger partial charge >= 0.3 is 0 Å². The molecule has 5 heteroatoms. The van der Waals surface area contributed by atoms with Gasteiger partial charge in [0, 0.05) is 12.7 Å². The highest BCUT2D eigenvalue weighted by molar-refractivity contribution is 6.30. The molecule has 18 heavy (non-hydrogen) atoms. The molecule has 0 unspecified atom stereocenters. The van der Waals surface area contributed by atoms with Crippen molar-refractivity contribution in [3.8, 4) is 0 Å². The maximum absolute atomic E-state index is 5.92. The summed E-state index contributed by atoms with van der Waals surface area (Å²) in [6, 6.07) is 3.71. The van der Waals surface area contributed by atoms with Crippen LogP contribution < -0.4 is 5.32 Å². The Hall–Kier alpha value is -1.29. The van der Waals surface area contributed by atoms with Crippen LogP contribution in [0.2, 0.25) is 5.02 Å². The van der Waals surface area contributed by atoms with Gasteiger partial charge in [-0.3, -0.25) is 0 Å². The number of aromatic nitrogens is 3. The topological polar surface area (TPSA) is 42.2 Å². The van der Waals surface area contributed by atoms with Crippen molar-refractivity contribution < 1.29 is 0 Å². The molecule has 0 amide bonds. The van der Waals surface area contributed by atoms with E-state index < -0.39 is 0 Å². The number of nitrogens with zero attached hydrogens (tertiary/aromatic N) is 3. The molecule has 1 saturated carbocycles. The Balaban J connectivity index is 1.67. The number of fused-ring (bicyclic) bond motifs is 1. The van der Waals surface area contributed by atoms with Crippen molar-refractivity contribution in [2.75, 3.05) is 11.9 Å². The van der Waals surface area contributed by atoms with E-state index in [0.717, 1.165) is 18.1 Å². The molecule has 0 saturated heterocycles. The molecule has 0 atom stereocenters. The van der Waals surface area contributed by atoms with E-state index in [4.69, 9.17) is 11.6 Å². The van der Waals surface area contributed by atoms with Crippen LogP contribution in [-0.4, -0.2) is 21.1 Å². The molecule has 3 rings (SSSR count). The van der Waals surface area contributed by atoms with Gasteiger partial charge in [0.1, 0.15) is 0 Å². The van der Waals surface area contributed by atoms with Crippen molar-refractivity contribution in [2.45, 2.75) is 32.1 Å². The third kappa shape index (κ3) is 2.58. The summed E-state index contributed by atoms with van der Waals surface area (Å²) in [4.78, 5) is 4.42. The molecule has 0 spiro atoms. The van der Waals surface area contributed by atoms with Crippen molar-refractivity contribution in [1.29, 1.82) is 0 Å². The fraction of sp³-hybridized carbons (Fsp3) is 0.538. The van der Waals surface area contributed by atoms with Gasteiger partial charge in [-0.2, -0.15) is 4.98 Å². The zero-order valence-electron chi connectivity index (χ0n) is 10.3. The Morgan fingerprint density at radius 3 is 2.94 bits per heavy atom. The lowest BCUT2D eigenvalue weighted by molar-refractivity contribution is 0.373. The first kappa shape index (κ1) is 11.8. The zero-order chi connectivity index (χ0) is 12.4. The number of rotatable bonds is 3. The van der Waals surface area contributed by atoms with Crippen LogP contribution in [0.25, 0.3) is 5.65 Å². The molecule has 0 aromatic carbocycles. The first-order valence-electron chi connectivity index (χ1n) is 6.57. The van der Waals surface area contributed by atoms with Gasteiger partial charge in [-0.1, -0.05) is 30.9 Å². The number of pyridine rings is 1. The fourth-order valence-electron chi connectivity index (χ4n) is 2.56. The Kier molecular flexibility index (Phi) is 3.37. The maximum Gasteiger partial charge on any atom is 0.243 e. The summed E-state index contributed by atoms with van der Waals surface area (Å²) < 4.78 is 1.71. The predicted octanol–water partition coefficient (Wildman–Crippen LogP) is 3.37. The minimum Gasteiger partial charge on any atom is -0.353 e. The summed E-state index contributed by atoms with van der Waals surface area (Å²) in [5, 5.41) is 8.38. The van der Waals surface area contributed by atoms with Crippen molar-refractivity contribution >= 4 is 23.2 Å². The van der Waals surface area contributed by atoms with Crippen molar-refractivity contribution in [1.82, 2.24) is 14.6 Å². The number of halogens is 1. The first-order chi connectivity index (χ1) is 8.81. The van der Waals surface area contributed by atoms with E-state index in [2.05, 4.69) is 15.4 Å². The highest BCUT2D eigenvalue weighted by Gasteiger charge is 2.13. The summed E-state index contributed by atoms with van der Waals surface area (Å²) in [7, 11) is 0. The quantitative estimate of drug-likeness (QED) is 0.924. The minimum atomic E-state index is 0.672. The number of nitrogens with one attached hydrogen (secondary N) is 1. The standard InChI is InChI=1S/C13H17ClN4/c14-11-6-7-12-16-13(17-18(12)9-11)15-8-10-4-2-1-3-5-10/h6-7,9-10H,1-5,8H2,(H,15,17). The maximum atomic E-state index is 5.92. The normalized spacial score (nSPS) is 17.2. The van der Waals surface area contributed by atoms with E-state index in [0.29, 0.717) is 11.0 Å². The van der Waals surface area contributed by atoms with Crippen LogP contribution in [0.3, 0.4) is 0 Å². The van der Waals surface area contributed by atoms with E-state index >= 15 is 0 Å². The van der Waals surface area contributed by atoms with Gasteiger partial charge < -0.3 is 5.32 Å². The largest absolute Gasteiger partial charge is 0.353 e. The first-order valence-corrected chi connectivity index (χ1v) is 6.95. The second-order valence-corrected chi connectivity index (χ2v) is 5.41. The lowest BCUT2D eigenvalue weighted by Gasteiger charge is -2.21. The monoisotopic (exact) mass is 264 g/mol. The Morgan fingerprint density at radius 2 is 2.11 bits per heavy atom. The van der Waals surface area contributed by atoms with Crippen LogP contribution in [0.4, 0.5) is 5.95 Å². The molecule has 2 aromatic heterocycles. The van der Waals surface area contributed by atoms with Crippen LogP contribution in [0.5, 0.6) is 0 Å². The van der Waals surface area contributed by atoms with Crippen LogP contribution >= 0.6 is 11.6 Å². The van der Waals surface area contributed by atoms with E-state index in [1.165, 1.54) is 32.1 Å². The average molecular weight is 265 g/mol. The average Bonchev–Trinajstić information content (AvgIpc) is 2.79. The zero-order valence-corrected chi connectivity index (χ0v) is 11.0. The predicted molar refractivity (Wildman–Crippen MR) is 73.1 cm³/mol. The third-order valence-corrected chi connectivity index (χ3v) is 3.79. The van der Waals surface area contributed by atoms with Gasteiger partial charge in [-0.15, -0.1) is 5.10 Å². The van der Waals surface area contributed by atoms with Gasteiger partial charge in [-0.25, -0.2) is 4.52 Å². The molecule has 0 radical (unpaired) electrons. The van der Waals surface area contributed by atoms with E-state index in [1.807, 2.05) is 12.1 Å². The second-order valence-electron chi connectivity index (χ2n) is 4.97. The van der Waals surface area contributed by atoms with Crippen molar-refractivity contribution in [3.05, 3.63) is 23.4 Å². The van der Waals surface area contributed by atoms with E-state index in [9.17, 15) is 0 Å². The molecule has 0 aliphatic heterocycles. The molecule has 0 bridgehead atoms. The van der Waals surface area contributed by atoms with E-state index in [1.54, 1.807) is 10.7 Å². The molecular weight excluding hydrogens is 248 g/mol. The SMILES string of the molecule is Clc1ccc2nc(NCC3CCCCC3)nn2c1. The van der Waals surface area contributed by atoms with Gasteiger partial charge in [0.05, 0.1) is 5.02 Å². The van der Waals surface area contributed by atoms with Gasteiger partial charge in [0.25, 0.3) is 0 Å². The van der Waals surface area contributed by atoms with Gasteiger partial charge in [0.15, 0.2) is 5.65 Å². The molecule has 96 valence electrons. The van der Waals surface area contributed by atoms with Gasteiger partial charge in [-0.05, 0) is 30.9 Å². The summed E-state index contributed by atoms with van der Waals surface area (Å²) in [5.41, 5.74) is 0.825. The molecule has 4 nitrogen and oxygen atoms in total. The number of anilines is 1. The molecule has 1 aliphatic carbocycles. The number of hydrogen-bond donors (Lipinski definition) is 1. The van der Waals surface area contributed by atoms with Crippen LogP contribution in [0.15, 0.2) is 18.3 Å². The van der Waals surface area contributed by atoms with Crippen LogP contribution in [0, 0.1) is 5.92 Å². The lowest BCUT2D eigenvalue weighted by atomic mass is 9.89. The number of hydrogen-bond acceptors (Lipinski definition) is 3. The highest BCUT2D eigenvalue weighted by atomic mass is 35.5. The lowest BCUT2D eigenvalue weighted by Crippen LogP contribution is -2.17. The van der Waals surface area contributed by atoms with Gasteiger partial charge in [0.2, 0.25) is 5.95 Å². The molecule has 1 N–H and O–H groups in total. The third-order valence-electron chi connectivity index (χ3n) is 3.57. The molecule has 2 aromatic rings. The molecular formula is C13H17ClN4. The summed E-state index contributed by atoms with van der Waals surface area (Å²) in [5.74, 6) is 1.47. The molecule has 2 heterocycles. The molecule has 1 fully saturated rings. The van der Waals surface area contributed by atoms with Crippen molar-refractivity contribution in [3.63, 3.8) is 0 Å². The minimum absolute atomic E-state index is 0.672. The Morgan fingerprint density at radius 1 is 1.28 bits per heavy atom. The second kappa shape index (κ2) is 5.14. The summed E-state index contributed by atoms with van der Waals surface area (Å²) in [6.45, 7) is 0.977. The fourth-order valence-corrected chi connectivity index (χ4v) is 2.72. The Bertz CT molecular complexity index is 531. The van der Waals surface area contributed by atoms with E-state index in [-0.39, 0.29) is 0 Å².